The van der Waals surface area contributed by atoms with E-state index in [1.54, 1.807) is 11.0 Å². The minimum absolute atomic E-state index is 0.314. The standard InChI is InChI=1S/C11H14FN3O/c12-9-1-2-11(13-7-9)14-10-3-5-15(8-16)6-4-10/h1-2,7-8,10H,3-6H2,(H,13,14). The molecule has 0 unspecified atom stereocenters. The fraction of sp³-hybridized carbons (Fsp3) is 0.455. The lowest BCUT2D eigenvalue weighted by atomic mass is 10.1. The summed E-state index contributed by atoms with van der Waals surface area (Å²) in [7, 11) is 0. The fourth-order valence-electron chi connectivity index (χ4n) is 1.82. The highest BCUT2D eigenvalue weighted by molar-refractivity contribution is 5.47. The van der Waals surface area contributed by atoms with Gasteiger partial charge in [-0.25, -0.2) is 9.37 Å². The minimum Gasteiger partial charge on any atom is -0.367 e. The van der Waals surface area contributed by atoms with E-state index in [4.69, 9.17) is 0 Å². The second-order valence-corrected chi connectivity index (χ2v) is 3.92. The van der Waals surface area contributed by atoms with Crippen LogP contribution in [0, 0.1) is 5.82 Å². The number of aromatic nitrogens is 1. The van der Waals surface area contributed by atoms with Crippen LogP contribution in [-0.4, -0.2) is 35.4 Å². The first-order valence-electron chi connectivity index (χ1n) is 5.35. The summed E-state index contributed by atoms with van der Waals surface area (Å²) in [6, 6.07) is 3.33. The molecule has 0 aliphatic carbocycles. The molecule has 0 aromatic carbocycles. The van der Waals surface area contributed by atoms with Crippen LogP contribution in [0.5, 0.6) is 0 Å². The number of carbonyl (C=O) groups excluding carboxylic acids is 1. The van der Waals surface area contributed by atoms with E-state index in [0.717, 1.165) is 32.3 Å². The van der Waals surface area contributed by atoms with Gasteiger partial charge in [-0.1, -0.05) is 0 Å². The number of anilines is 1. The highest BCUT2D eigenvalue weighted by Crippen LogP contribution is 2.14. The number of piperidine rings is 1. The molecule has 0 saturated carbocycles. The SMILES string of the molecule is O=CN1CCC(Nc2ccc(F)cn2)CC1. The molecule has 0 bridgehead atoms. The molecule has 1 aromatic heterocycles. The van der Waals surface area contributed by atoms with E-state index in [1.165, 1.54) is 12.3 Å². The lowest BCUT2D eigenvalue weighted by Crippen LogP contribution is -2.38. The minimum atomic E-state index is -0.332. The molecule has 0 atom stereocenters. The van der Waals surface area contributed by atoms with Gasteiger partial charge in [-0.3, -0.25) is 4.79 Å². The van der Waals surface area contributed by atoms with Crippen molar-refractivity contribution < 1.29 is 9.18 Å². The quantitative estimate of drug-likeness (QED) is 0.784. The zero-order valence-electron chi connectivity index (χ0n) is 8.90. The fourth-order valence-corrected chi connectivity index (χ4v) is 1.82. The third kappa shape index (κ3) is 2.68. The van der Waals surface area contributed by atoms with Gasteiger partial charge in [0.05, 0.1) is 6.20 Å². The van der Waals surface area contributed by atoms with Crippen LogP contribution in [0.15, 0.2) is 18.3 Å². The topological polar surface area (TPSA) is 45.2 Å². The molecule has 1 N–H and O–H groups in total. The van der Waals surface area contributed by atoms with E-state index < -0.39 is 0 Å². The Labute approximate surface area is 93.5 Å². The summed E-state index contributed by atoms with van der Waals surface area (Å²) in [6.45, 7) is 1.53. The third-order valence-corrected chi connectivity index (χ3v) is 2.76. The first-order chi connectivity index (χ1) is 7.78. The van der Waals surface area contributed by atoms with Crippen LogP contribution >= 0.6 is 0 Å². The summed E-state index contributed by atoms with van der Waals surface area (Å²) in [5.41, 5.74) is 0. The van der Waals surface area contributed by atoms with Gasteiger partial charge in [0.15, 0.2) is 0 Å². The average Bonchev–Trinajstić information content (AvgIpc) is 2.33. The average molecular weight is 223 g/mol. The number of hydrogen-bond acceptors (Lipinski definition) is 3. The smallest absolute Gasteiger partial charge is 0.209 e. The van der Waals surface area contributed by atoms with Gasteiger partial charge in [0.1, 0.15) is 11.6 Å². The van der Waals surface area contributed by atoms with Gasteiger partial charge < -0.3 is 10.2 Å². The maximum absolute atomic E-state index is 12.6. The second kappa shape index (κ2) is 4.92. The molecule has 0 radical (unpaired) electrons. The number of nitrogens with one attached hydrogen (secondary N) is 1. The normalized spacial score (nSPS) is 17.2. The van der Waals surface area contributed by atoms with Crippen molar-refractivity contribution in [3.8, 4) is 0 Å². The van der Waals surface area contributed by atoms with Crippen molar-refractivity contribution in [1.82, 2.24) is 9.88 Å². The summed E-state index contributed by atoms with van der Waals surface area (Å²) >= 11 is 0. The Hall–Kier alpha value is -1.65. The van der Waals surface area contributed by atoms with Crippen molar-refractivity contribution in [2.24, 2.45) is 0 Å². The van der Waals surface area contributed by atoms with Crippen molar-refractivity contribution in [2.75, 3.05) is 18.4 Å². The van der Waals surface area contributed by atoms with Crippen LogP contribution in [-0.2, 0) is 4.79 Å². The zero-order valence-corrected chi connectivity index (χ0v) is 8.90. The molecular formula is C11H14FN3O. The van der Waals surface area contributed by atoms with Gasteiger partial charge in [0.25, 0.3) is 0 Å². The van der Waals surface area contributed by atoms with Crippen LogP contribution in [0.1, 0.15) is 12.8 Å². The zero-order chi connectivity index (χ0) is 11.4. The second-order valence-electron chi connectivity index (χ2n) is 3.92. The maximum Gasteiger partial charge on any atom is 0.209 e. The molecule has 1 aromatic rings. The van der Waals surface area contributed by atoms with Crippen LogP contribution in [0.2, 0.25) is 0 Å². The maximum atomic E-state index is 12.6. The number of carbonyl (C=O) groups is 1. The first-order valence-corrected chi connectivity index (χ1v) is 5.35. The number of amides is 1. The molecule has 2 heterocycles. The van der Waals surface area contributed by atoms with E-state index >= 15 is 0 Å². The summed E-state index contributed by atoms with van der Waals surface area (Å²) in [5, 5.41) is 3.23. The Balaban J connectivity index is 1.86. The van der Waals surface area contributed by atoms with Gasteiger partial charge in [-0.2, -0.15) is 0 Å². The number of rotatable bonds is 3. The van der Waals surface area contributed by atoms with E-state index in [-0.39, 0.29) is 5.82 Å². The number of likely N-dealkylation sites (tertiary alicyclic amines) is 1. The molecule has 4 nitrogen and oxygen atoms in total. The van der Waals surface area contributed by atoms with Crippen molar-refractivity contribution in [3.63, 3.8) is 0 Å². The molecule has 1 saturated heterocycles. The molecule has 16 heavy (non-hydrogen) atoms. The molecule has 86 valence electrons. The van der Waals surface area contributed by atoms with Gasteiger partial charge >= 0.3 is 0 Å². The van der Waals surface area contributed by atoms with Gasteiger partial charge in [0.2, 0.25) is 6.41 Å². The van der Waals surface area contributed by atoms with E-state index in [9.17, 15) is 9.18 Å². The lowest BCUT2D eigenvalue weighted by Gasteiger charge is -2.29. The number of hydrogen-bond donors (Lipinski definition) is 1. The monoisotopic (exact) mass is 223 g/mol. The Morgan fingerprint density at radius 2 is 2.19 bits per heavy atom. The van der Waals surface area contributed by atoms with Crippen LogP contribution in [0.3, 0.4) is 0 Å². The molecule has 1 amide bonds. The molecule has 1 aliphatic rings. The third-order valence-electron chi connectivity index (χ3n) is 2.76. The highest BCUT2D eigenvalue weighted by Gasteiger charge is 2.17. The van der Waals surface area contributed by atoms with Crippen LogP contribution in [0.4, 0.5) is 10.2 Å². The summed E-state index contributed by atoms with van der Waals surface area (Å²) in [5.74, 6) is 0.354. The van der Waals surface area contributed by atoms with Crippen LogP contribution in [0.25, 0.3) is 0 Å². The largest absolute Gasteiger partial charge is 0.367 e. The van der Waals surface area contributed by atoms with E-state index in [0.29, 0.717) is 11.9 Å². The van der Waals surface area contributed by atoms with Gasteiger partial charge in [0, 0.05) is 19.1 Å². The molecule has 1 aliphatic heterocycles. The Bertz CT molecular complexity index is 347. The number of pyridine rings is 1. The van der Waals surface area contributed by atoms with Gasteiger partial charge in [-0.15, -0.1) is 0 Å². The Morgan fingerprint density at radius 1 is 1.44 bits per heavy atom. The van der Waals surface area contributed by atoms with Crippen molar-refractivity contribution >= 4 is 12.2 Å². The first kappa shape index (κ1) is 10.9. The highest BCUT2D eigenvalue weighted by atomic mass is 19.1. The van der Waals surface area contributed by atoms with Gasteiger partial charge in [-0.05, 0) is 25.0 Å². The Kier molecular flexibility index (Phi) is 3.34. The molecule has 0 spiro atoms. The van der Waals surface area contributed by atoms with Crippen molar-refractivity contribution in [2.45, 2.75) is 18.9 Å². The van der Waals surface area contributed by atoms with E-state index in [1.807, 2.05) is 0 Å². The molecular weight excluding hydrogens is 209 g/mol. The Morgan fingerprint density at radius 3 is 2.75 bits per heavy atom. The predicted octanol–water partition coefficient (Wildman–Crippen LogP) is 1.25. The van der Waals surface area contributed by atoms with Crippen molar-refractivity contribution in [1.29, 1.82) is 0 Å². The van der Waals surface area contributed by atoms with E-state index in [2.05, 4.69) is 10.3 Å². The number of halogens is 1. The molecule has 2 rings (SSSR count). The lowest BCUT2D eigenvalue weighted by molar-refractivity contribution is -0.118. The molecule has 5 heteroatoms. The molecule has 1 fully saturated rings. The van der Waals surface area contributed by atoms with Crippen molar-refractivity contribution in [3.05, 3.63) is 24.1 Å². The predicted molar refractivity (Wildman–Crippen MR) is 58.5 cm³/mol. The summed E-state index contributed by atoms with van der Waals surface area (Å²) in [6.07, 6.45) is 3.88. The number of nitrogens with zero attached hydrogens (tertiary/aromatic N) is 2. The van der Waals surface area contributed by atoms with Crippen LogP contribution < -0.4 is 5.32 Å². The summed E-state index contributed by atoms with van der Waals surface area (Å²) < 4.78 is 12.6. The summed E-state index contributed by atoms with van der Waals surface area (Å²) in [4.78, 5) is 16.2.